The van der Waals surface area contributed by atoms with Gasteiger partial charge in [-0.1, -0.05) is 53.2 Å². The van der Waals surface area contributed by atoms with Gasteiger partial charge >= 0.3 is 5.97 Å². The van der Waals surface area contributed by atoms with Crippen molar-refractivity contribution in [1.82, 2.24) is 10.1 Å². The minimum atomic E-state index is -0.899. The van der Waals surface area contributed by atoms with Crippen molar-refractivity contribution in [3.8, 4) is 11.3 Å². The van der Waals surface area contributed by atoms with Crippen molar-refractivity contribution >= 4 is 17.6 Å². The number of aryl methyl sites for hydroxylation is 1. The van der Waals surface area contributed by atoms with Crippen LogP contribution in [-0.4, -0.2) is 54.2 Å². The molecule has 7 nitrogen and oxygen atoms in total. The molecule has 0 aliphatic carbocycles. The lowest BCUT2D eigenvalue weighted by atomic mass is 10.1. The van der Waals surface area contributed by atoms with Crippen LogP contribution in [0.1, 0.15) is 23.0 Å². The van der Waals surface area contributed by atoms with Crippen LogP contribution in [0.5, 0.6) is 0 Å². The zero-order valence-electron chi connectivity index (χ0n) is 17.7. The SMILES string of the molecule is Cc1ccc(-c2cc(C(=O)O[C@H](C)C(=O)N3CCN(c4ccccc4)CC3)on2)cc1. The molecule has 0 unspecified atom stereocenters. The standard InChI is InChI=1S/C24H25N3O4/c1-17-8-10-19(11-9-17)21-16-22(31-25-21)24(29)30-18(2)23(28)27-14-12-26(13-15-27)20-6-4-3-5-7-20/h3-11,16,18H,12-15H2,1-2H3/t18-/m1/s1. The van der Waals surface area contributed by atoms with Crippen LogP contribution < -0.4 is 4.90 Å². The van der Waals surface area contributed by atoms with Gasteiger partial charge in [-0.15, -0.1) is 0 Å². The Morgan fingerprint density at radius 3 is 2.35 bits per heavy atom. The molecule has 4 rings (SSSR count). The summed E-state index contributed by atoms with van der Waals surface area (Å²) in [5, 5.41) is 3.94. The van der Waals surface area contributed by atoms with Crippen LogP contribution >= 0.6 is 0 Å². The van der Waals surface area contributed by atoms with Gasteiger partial charge in [-0.2, -0.15) is 0 Å². The van der Waals surface area contributed by atoms with Crippen molar-refractivity contribution in [2.24, 2.45) is 0 Å². The number of carbonyl (C=O) groups is 2. The molecular weight excluding hydrogens is 394 g/mol. The molecule has 1 amide bonds. The molecule has 160 valence electrons. The molecule has 1 atom stereocenters. The summed E-state index contributed by atoms with van der Waals surface area (Å²) in [5.41, 5.74) is 3.66. The summed E-state index contributed by atoms with van der Waals surface area (Å²) in [6.07, 6.45) is -0.899. The molecule has 0 saturated carbocycles. The smallest absolute Gasteiger partial charge is 0.377 e. The molecule has 0 N–H and O–H groups in total. The molecule has 31 heavy (non-hydrogen) atoms. The van der Waals surface area contributed by atoms with Crippen LogP contribution in [0.2, 0.25) is 0 Å². The van der Waals surface area contributed by atoms with Crippen LogP contribution in [0, 0.1) is 6.92 Å². The molecule has 0 bridgehead atoms. The van der Waals surface area contributed by atoms with E-state index in [-0.39, 0.29) is 11.7 Å². The molecule has 1 aliphatic rings. The van der Waals surface area contributed by atoms with Gasteiger partial charge in [0.2, 0.25) is 5.76 Å². The highest BCUT2D eigenvalue weighted by Gasteiger charge is 2.28. The molecule has 2 aromatic carbocycles. The number of carbonyl (C=O) groups excluding carboxylic acids is 2. The lowest BCUT2D eigenvalue weighted by Crippen LogP contribution is -2.51. The molecule has 1 saturated heterocycles. The Balaban J connectivity index is 1.32. The number of nitrogens with zero attached hydrogens (tertiary/aromatic N) is 3. The number of piperazine rings is 1. The molecule has 2 heterocycles. The summed E-state index contributed by atoms with van der Waals surface area (Å²) in [5.74, 6) is -0.932. The van der Waals surface area contributed by atoms with Crippen LogP contribution in [-0.2, 0) is 9.53 Å². The number of para-hydroxylation sites is 1. The molecular formula is C24H25N3O4. The van der Waals surface area contributed by atoms with Crippen LogP contribution in [0.15, 0.2) is 65.2 Å². The van der Waals surface area contributed by atoms with Crippen LogP contribution in [0.25, 0.3) is 11.3 Å². The Kier molecular flexibility index (Phi) is 6.02. The Hall–Kier alpha value is -3.61. The second kappa shape index (κ2) is 9.04. The third kappa shape index (κ3) is 4.77. The van der Waals surface area contributed by atoms with Gasteiger partial charge in [0.15, 0.2) is 6.10 Å². The zero-order chi connectivity index (χ0) is 21.8. The van der Waals surface area contributed by atoms with Crippen LogP contribution in [0.3, 0.4) is 0 Å². The second-order valence-corrected chi connectivity index (χ2v) is 7.64. The average Bonchev–Trinajstić information content (AvgIpc) is 3.30. The van der Waals surface area contributed by atoms with E-state index in [9.17, 15) is 9.59 Å². The number of hydrogen-bond donors (Lipinski definition) is 0. The minimum absolute atomic E-state index is 0.0240. The fourth-order valence-electron chi connectivity index (χ4n) is 3.58. The molecule has 7 heteroatoms. The third-order valence-corrected chi connectivity index (χ3v) is 5.40. The van der Waals surface area contributed by atoms with Crippen molar-refractivity contribution in [1.29, 1.82) is 0 Å². The Bertz CT molecular complexity index is 1040. The fourth-order valence-corrected chi connectivity index (χ4v) is 3.58. The number of benzene rings is 2. The Labute approximate surface area is 181 Å². The van der Waals surface area contributed by atoms with Crippen molar-refractivity contribution < 1.29 is 18.8 Å². The zero-order valence-corrected chi connectivity index (χ0v) is 17.7. The Morgan fingerprint density at radius 1 is 1.00 bits per heavy atom. The maximum absolute atomic E-state index is 12.8. The first-order valence-electron chi connectivity index (χ1n) is 10.3. The second-order valence-electron chi connectivity index (χ2n) is 7.64. The fraction of sp³-hybridized carbons (Fsp3) is 0.292. The van der Waals surface area contributed by atoms with Gasteiger partial charge in [0.1, 0.15) is 5.69 Å². The number of aromatic nitrogens is 1. The van der Waals surface area contributed by atoms with Gasteiger partial charge in [0.25, 0.3) is 5.91 Å². The van der Waals surface area contributed by atoms with Gasteiger partial charge in [0, 0.05) is 43.5 Å². The molecule has 1 aliphatic heterocycles. The summed E-state index contributed by atoms with van der Waals surface area (Å²) >= 11 is 0. The first-order valence-corrected chi connectivity index (χ1v) is 10.3. The predicted octanol–water partition coefficient (Wildman–Crippen LogP) is 3.54. The lowest BCUT2D eigenvalue weighted by molar-refractivity contribution is -0.140. The van der Waals surface area contributed by atoms with E-state index in [2.05, 4.69) is 22.2 Å². The van der Waals surface area contributed by atoms with Gasteiger partial charge in [-0.3, -0.25) is 4.79 Å². The normalized spacial score (nSPS) is 14.9. The van der Waals surface area contributed by atoms with E-state index in [0.717, 1.165) is 29.9 Å². The van der Waals surface area contributed by atoms with Crippen LogP contribution in [0.4, 0.5) is 5.69 Å². The van der Waals surface area contributed by atoms with Crippen molar-refractivity contribution in [2.75, 3.05) is 31.1 Å². The Morgan fingerprint density at radius 2 is 1.68 bits per heavy atom. The highest BCUT2D eigenvalue weighted by atomic mass is 16.6. The average molecular weight is 419 g/mol. The van der Waals surface area contributed by atoms with E-state index in [4.69, 9.17) is 9.26 Å². The quantitative estimate of drug-likeness (QED) is 0.589. The van der Waals surface area contributed by atoms with Gasteiger partial charge in [-0.05, 0) is 26.0 Å². The first-order chi connectivity index (χ1) is 15.0. The van der Waals surface area contributed by atoms with Crippen molar-refractivity contribution in [2.45, 2.75) is 20.0 Å². The molecule has 1 aromatic heterocycles. The minimum Gasteiger partial charge on any atom is -0.447 e. The maximum atomic E-state index is 12.8. The topological polar surface area (TPSA) is 75.9 Å². The van der Waals surface area contributed by atoms with Crippen molar-refractivity contribution in [3.63, 3.8) is 0 Å². The largest absolute Gasteiger partial charge is 0.447 e. The number of esters is 1. The van der Waals surface area contributed by atoms with Gasteiger partial charge < -0.3 is 19.1 Å². The van der Waals surface area contributed by atoms with Gasteiger partial charge in [-0.25, -0.2) is 4.79 Å². The monoisotopic (exact) mass is 419 g/mol. The molecule has 1 fully saturated rings. The number of ether oxygens (including phenoxy) is 1. The molecule has 3 aromatic rings. The lowest BCUT2D eigenvalue weighted by Gasteiger charge is -2.36. The third-order valence-electron chi connectivity index (χ3n) is 5.40. The number of anilines is 1. The summed E-state index contributed by atoms with van der Waals surface area (Å²) in [6.45, 7) is 6.21. The van der Waals surface area contributed by atoms with Crippen molar-refractivity contribution in [3.05, 3.63) is 72.0 Å². The highest BCUT2D eigenvalue weighted by Crippen LogP contribution is 2.21. The van der Waals surface area contributed by atoms with E-state index in [1.807, 2.05) is 49.4 Å². The summed E-state index contributed by atoms with van der Waals surface area (Å²) in [6, 6.07) is 19.4. The number of hydrogen-bond acceptors (Lipinski definition) is 6. The maximum Gasteiger partial charge on any atom is 0.377 e. The highest BCUT2D eigenvalue weighted by molar-refractivity contribution is 5.91. The summed E-state index contributed by atoms with van der Waals surface area (Å²) in [7, 11) is 0. The van der Waals surface area contributed by atoms with E-state index in [1.54, 1.807) is 11.8 Å². The molecule has 0 radical (unpaired) electrons. The van der Waals surface area contributed by atoms with E-state index in [1.165, 1.54) is 6.07 Å². The summed E-state index contributed by atoms with van der Waals surface area (Å²) < 4.78 is 10.5. The predicted molar refractivity (Wildman–Crippen MR) is 117 cm³/mol. The number of rotatable bonds is 5. The number of amides is 1. The van der Waals surface area contributed by atoms with E-state index < -0.39 is 12.1 Å². The molecule has 0 spiro atoms. The first kappa shape index (κ1) is 20.7. The summed E-state index contributed by atoms with van der Waals surface area (Å²) in [4.78, 5) is 29.2. The van der Waals surface area contributed by atoms with E-state index in [0.29, 0.717) is 18.8 Å². The van der Waals surface area contributed by atoms with Gasteiger partial charge in [0.05, 0.1) is 0 Å². The van der Waals surface area contributed by atoms with E-state index >= 15 is 0 Å².